The molecular formula is C15H15FO3. The Balaban J connectivity index is 2.53. The number of rotatable bonds is 3. The van der Waals surface area contributed by atoms with E-state index in [0.29, 0.717) is 0 Å². The summed E-state index contributed by atoms with van der Waals surface area (Å²) in [6.45, 7) is 5.17. The van der Waals surface area contributed by atoms with Crippen LogP contribution in [0.25, 0.3) is 0 Å². The van der Waals surface area contributed by atoms with E-state index < -0.39 is 24.2 Å². The summed E-state index contributed by atoms with van der Waals surface area (Å²) in [5.41, 5.74) is -0.0158. The van der Waals surface area contributed by atoms with Crippen molar-refractivity contribution < 1.29 is 18.7 Å². The summed E-state index contributed by atoms with van der Waals surface area (Å²) in [6.07, 6.45) is 0. The smallest absolute Gasteiger partial charge is 0.384 e. The van der Waals surface area contributed by atoms with Crippen LogP contribution in [-0.4, -0.2) is 18.4 Å². The van der Waals surface area contributed by atoms with Gasteiger partial charge in [-0.2, -0.15) is 0 Å². The fourth-order valence-corrected chi connectivity index (χ4v) is 1.12. The Morgan fingerprint density at radius 3 is 2.32 bits per heavy atom. The summed E-state index contributed by atoms with van der Waals surface area (Å²) in [4.78, 5) is 22.9. The number of hydrogen-bond acceptors (Lipinski definition) is 3. The minimum Gasteiger partial charge on any atom is -0.448 e. The van der Waals surface area contributed by atoms with E-state index in [1.807, 2.05) is 20.8 Å². The Morgan fingerprint density at radius 2 is 1.79 bits per heavy atom. The molecule has 1 aromatic rings. The van der Waals surface area contributed by atoms with Gasteiger partial charge in [-0.3, -0.25) is 4.79 Å². The Kier molecular flexibility index (Phi) is 4.82. The highest BCUT2D eigenvalue weighted by Gasteiger charge is 2.09. The average molecular weight is 262 g/mol. The highest BCUT2D eigenvalue weighted by molar-refractivity contribution is 5.99. The van der Waals surface area contributed by atoms with Gasteiger partial charge < -0.3 is 4.74 Å². The monoisotopic (exact) mass is 262 g/mol. The van der Waals surface area contributed by atoms with Gasteiger partial charge in [-0.15, -0.1) is 0 Å². The second kappa shape index (κ2) is 6.14. The number of Topliss-reactive ketones (excluding diaryl/α,β-unsaturated/α-hetero) is 1. The molecule has 0 aliphatic carbocycles. The van der Waals surface area contributed by atoms with Gasteiger partial charge in [0, 0.05) is 16.9 Å². The molecule has 0 heterocycles. The summed E-state index contributed by atoms with van der Waals surface area (Å²) in [7, 11) is 0. The Labute approximate surface area is 111 Å². The van der Waals surface area contributed by atoms with E-state index in [2.05, 4.69) is 11.8 Å². The van der Waals surface area contributed by atoms with Crippen LogP contribution in [0.4, 0.5) is 4.39 Å². The number of hydrogen-bond donors (Lipinski definition) is 0. The molecule has 3 nitrogen and oxygen atoms in total. The van der Waals surface area contributed by atoms with Gasteiger partial charge in [-0.1, -0.05) is 5.92 Å². The molecule has 0 saturated heterocycles. The van der Waals surface area contributed by atoms with Crippen LogP contribution in [0.3, 0.4) is 0 Å². The van der Waals surface area contributed by atoms with Crippen molar-refractivity contribution in [1.82, 2.24) is 0 Å². The fraction of sp³-hybridized carbons (Fsp3) is 0.333. The molecule has 1 aromatic carbocycles. The maximum Gasteiger partial charge on any atom is 0.384 e. The Bertz CT molecular complexity index is 527. The zero-order chi connectivity index (χ0) is 14.5. The first-order valence-electron chi connectivity index (χ1n) is 5.76. The van der Waals surface area contributed by atoms with Gasteiger partial charge in [-0.05, 0) is 45.0 Å². The lowest BCUT2D eigenvalue weighted by Crippen LogP contribution is -2.13. The Morgan fingerprint density at radius 1 is 1.21 bits per heavy atom. The number of ether oxygens (including phenoxy) is 1. The average Bonchev–Trinajstić information content (AvgIpc) is 2.33. The molecule has 100 valence electrons. The summed E-state index contributed by atoms with van der Waals surface area (Å²) >= 11 is 0. The molecule has 0 N–H and O–H groups in total. The molecule has 0 fully saturated rings. The summed E-state index contributed by atoms with van der Waals surface area (Å²) in [5.74, 6) is 3.45. The highest BCUT2D eigenvalue weighted by atomic mass is 19.1. The normalized spacial score (nSPS) is 10.3. The van der Waals surface area contributed by atoms with Crippen molar-refractivity contribution in [2.45, 2.75) is 20.8 Å². The van der Waals surface area contributed by atoms with Crippen LogP contribution in [0.15, 0.2) is 24.3 Å². The van der Waals surface area contributed by atoms with Crippen LogP contribution in [0.1, 0.15) is 31.1 Å². The van der Waals surface area contributed by atoms with Gasteiger partial charge in [0.15, 0.2) is 12.4 Å². The molecule has 0 aromatic heterocycles. The third kappa shape index (κ3) is 5.82. The number of halogens is 1. The largest absolute Gasteiger partial charge is 0.448 e. The molecule has 0 atom stereocenters. The van der Waals surface area contributed by atoms with Gasteiger partial charge in [0.25, 0.3) is 0 Å². The molecule has 0 radical (unpaired) electrons. The second-order valence-corrected chi connectivity index (χ2v) is 5.01. The van der Waals surface area contributed by atoms with E-state index in [0.717, 1.165) is 0 Å². The second-order valence-electron chi connectivity index (χ2n) is 5.01. The van der Waals surface area contributed by atoms with E-state index in [1.165, 1.54) is 24.3 Å². The van der Waals surface area contributed by atoms with E-state index in [-0.39, 0.29) is 11.0 Å². The third-order valence-electron chi connectivity index (χ3n) is 2.04. The maximum atomic E-state index is 12.7. The number of esters is 1. The highest BCUT2D eigenvalue weighted by Crippen LogP contribution is 2.09. The van der Waals surface area contributed by atoms with Crippen LogP contribution in [-0.2, 0) is 9.53 Å². The molecule has 0 saturated carbocycles. The lowest BCUT2D eigenvalue weighted by molar-refractivity contribution is -0.135. The quantitative estimate of drug-likeness (QED) is 0.364. The van der Waals surface area contributed by atoms with Crippen molar-refractivity contribution in [2.24, 2.45) is 5.41 Å². The lowest BCUT2D eigenvalue weighted by Gasteiger charge is -2.06. The van der Waals surface area contributed by atoms with Gasteiger partial charge in [0.2, 0.25) is 0 Å². The first kappa shape index (κ1) is 14.9. The number of benzene rings is 1. The first-order valence-corrected chi connectivity index (χ1v) is 5.76. The lowest BCUT2D eigenvalue weighted by atomic mass is 9.98. The maximum absolute atomic E-state index is 12.7. The minimum absolute atomic E-state index is 0.290. The standard InChI is InChI=1S/C15H15FO3/c1-15(2,3)9-8-14(18)19-10-13(17)11-4-6-12(16)7-5-11/h4-7H,10H2,1-3H3. The summed E-state index contributed by atoms with van der Waals surface area (Å²) < 4.78 is 17.4. The molecule has 0 spiro atoms. The van der Waals surface area contributed by atoms with Crippen molar-refractivity contribution in [3.05, 3.63) is 35.6 Å². The van der Waals surface area contributed by atoms with Crippen LogP contribution in [0.2, 0.25) is 0 Å². The SMILES string of the molecule is CC(C)(C)C#CC(=O)OCC(=O)c1ccc(F)cc1. The summed E-state index contributed by atoms with van der Waals surface area (Å²) in [5, 5.41) is 0. The molecular weight excluding hydrogens is 247 g/mol. The number of carbonyl (C=O) groups excluding carboxylic acids is 2. The topological polar surface area (TPSA) is 43.4 Å². The Hall–Kier alpha value is -2.15. The van der Waals surface area contributed by atoms with Crippen molar-refractivity contribution >= 4 is 11.8 Å². The zero-order valence-electron chi connectivity index (χ0n) is 11.1. The van der Waals surface area contributed by atoms with Crippen molar-refractivity contribution in [3.63, 3.8) is 0 Å². The van der Waals surface area contributed by atoms with Crippen LogP contribution in [0.5, 0.6) is 0 Å². The molecule has 19 heavy (non-hydrogen) atoms. The van der Waals surface area contributed by atoms with Gasteiger partial charge in [-0.25, -0.2) is 9.18 Å². The molecule has 0 aliphatic rings. The molecule has 0 unspecified atom stereocenters. The summed E-state index contributed by atoms with van der Waals surface area (Å²) in [6, 6.07) is 5.03. The molecule has 0 amide bonds. The van der Waals surface area contributed by atoms with Crippen molar-refractivity contribution in [3.8, 4) is 11.8 Å². The van der Waals surface area contributed by atoms with Crippen molar-refractivity contribution in [2.75, 3.05) is 6.61 Å². The third-order valence-corrected chi connectivity index (χ3v) is 2.04. The van der Waals surface area contributed by atoms with E-state index in [4.69, 9.17) is 4.74 Å². The number of carbonyl (C=O) groups is 2. The van der Waals surface area contributed by atoms with Gasteiger partial charge in [0.05, 0.1) is 0 Å². The van der Waals surface area contributed by atoms with Crippen LogP contribution >= 0.6 is 0 Å². The zero-order valence-corrected chi connectivity index (χ0v) is 11.1. The van der Waals surface area contributed by atoms with Gasteiger partial charge in [0.1, 0.15) is 5.82 Å². The molecule has 0 aliphatic heterocycles. The molecule has 1 rings (SSSR count). The van der Waals surface area contributed by atoms with Crippen molar-refractivity contribution in [1.29, 1.82) is 0 Å². The van der Waals surface area contributed by atoms with Crippen LogP contribution in [0, 0.1) is 23.1 Å². The van der Waals surface area contributed by atoms with Gasteiger partial charge >= 0.3 is 5.97 Å². The minimum atomic E-state index is -0.745. The molecule has 4 heteroatoms. The van der Waals surface area contributed by atoms with Crippen LogP contribution < -0.4 is 0 Å². The number of ketones is 1. The van der Waals surface area contributed by atoms with E-state index in [9.17, 15) is 14.0 Å². The first-order chi connectivity index (χ1) is 8.78. The fourth-order valence-electron chi connectivity index (χ4n) is 1.12. The van der Waals surface area contributed by atoms with E-state index >= 15 is 0 Å². The van der Waals surface area contributed by atoms with E-state index in [1.54, 1.807) is 0 Å². The predicted molar refractivity (Wildman–Crippen MR) is 68.9 cm³/mol. The molecule has 0 bridgehead atoms. The predicted octanol–water partition coefficient (Wildman–Crippen LogP) is 2.60.